The lowest BCUT2D eigenvalue weighted by molar-refractivity contribution is 0.110. The quantitative estimate of drug-likeness (QED) is 0.891. The maximum absolute atomic E-state index is 9.66. The molecule has 4 heteroatoms. The number of hydrogen-bond acceptors (Lipinski definition) is 3. The summed E-state index contributed by atoms with van der Waals surface area (Å²) >= 11 is 6.08. The van der Waals surface area contributed by atoms with Gasteiger partial charge in [-0.1, -0.05) is 11.6 Å². The van der Waals surface area contributed by atoms with Crippen molar-refractivity contribution in [3.05, 3.63) is 28.8 Å². The summed E-state index contributed by atoms with van der Waals surface area (Å²) < 4.78 is 0. The van der Waals surface area contributed by atoms with Crippen LogP contribution in [0, 0.1) is 5.92 Å². The molecule has 3 nitrogen and oxygen atoms in total. The summed E-state index contributed by atoms with van der Waals surface area (Å²) in [7, 11) is 1.95. The number of rotatable bonds is 4. The zero-order valence-electron chi connectivity index (χ0n) is 11.7. The molecular formula is C15H23ClN2O. The summed E-state index contributed by atoms with van der Waals surface area (Å²) in [5, 5.41) is 13.6. The van der Waals surface area contributed by atoms with Gasteiger partial charge in [0.25, 0.3) is 0 Å². The van der Waals surface area contributed by atoms with Crippen molar-refractivity contribution in [3.8, 4) is 0 Å². The Hall–Kier alpha value is -0.770. The summed E-state index contributed by atoms with van der Waals surface area (Å²) in [6, 6.07) is 6.10. The van der Waals surface area contributed by atoms with Gasteiger partial charge in [-0.3, -0.25) is 0 Å². The zero-order chi connectivity index (χ0) is 13.8. The number of hydrogen-bond donors (Lipinski definition) is 2. The Balaban J connectivity index is 2.10. The van der Waals surface area contributed by atoms with Crippen LogP contribution in [0.2, 0.25) is 5.02 Å². The Morgan fingerprint density at radius 2 is 2.11 bits per heavy atom. The molecule has 2 rings (SSSR count). The third-order valence-corrected chi connectivity index (χ3v) is 4.21. The molecule has 1 aromatic carbocycles. The molecule has 0 radical (unpaired) electrons. The molecule has 1 aromatic rings. The number of aliphatic hydroxyl groups excluding tert-OH is 1. The highest BCUT2D eigenvalue weighted by Crippen LogP contribution is 2.29. The predicted molar refractivity (Wildman–Crippen MR) is 80.8 cm³/mol. The molecule has 106 valence electrons. The smallest absolute Gasteiger partial charge is 0.0541 e. The van der Waals surface area contributed by atoms with Crippen LogP contribution in [0.15, 0.2) is 18.2 Å². The number of nitrogens with one attached hydrogen (secondary N) is 1. The summed E-state index contributed by atoms with van der Waals surface area (Å²) in [5.74, 6) is 0.441. The van der Waals surface area contributed by atoms with Gasteiger partial charge >= 0.3 is 0 Å². The van der Waals surface area contributed by atoms with Gasteiger partial charge < -0.3 is 15.3 Å². The highest BCUT2D eigenvalue weighted by molar-refractivity contribution is 6.30. The third-order valence-electron chi connectivity index (χ3n) is 3.97. The van der Waals surface area contributed by atoms with Crippen LogP contribution in [0.3, 0.4) is 0 Å². The minimum Gasteiger partial charge on any atom is -0.393 e. The SMILES string of the molecule is CNCc1cc(Cl)ccc1N1CCC(C(C)O)CC1. The Kier molecular flexibility index (Phi) is 5.08. The van der Waals surface area contributed by atoms with Crippen molar-refractivity contribution < 1.29 is 5.11 Å². The van der Waals surface area contributed by atoms with Gasteiger partial charge in [0.2, 0.25) is 0 Å². The van der Waals surface area contributed by atoms with E-state index in [-0.39, 0.29) is 6.10 Å². The van der Waals surface area contributed by atoms with Crippen LogP contribution >= 0.6 is 11.6 Å². The van der Waals surface area contributed by atoms with Gasteiger partial charge in [0.05, 0.1) is 6.10 Å². The highest BCUT2D eigenvalue weighted by Gasteiger charge is 2.23. The lowest BCUT2D eigenvalue weighted by Gasteiger charge is -2.36. The molecule has 0 spiro atoms. The molecule has 1 atom stereocenters. The first-order valence-electron chi connectivity index (χ1n) is 6.98. The average molecular weight is 283 g/mol. The lowest BCUT2D eigenvalue weighted by atomic mass is 9.91. The molecule has 1 fully saturated rings. The van der Waals surface area contributed by atoms with Crippen LogP contribution in [0.25, 0.3) is 0 Å². The van der Waals surface area contributed by atoms with E-state index in [9.17, 15) is 5.11 Å². The van der Waals surface area contributed by atoms with Crippen molar-refractivity contribution >= 4 is 17.3 Å². The second-order valence-electron chi connectivity index (χ2n) is 5.37. The van der Waals surface area contributed by atoms with Gasteiger partial charge in [0.1, 0.15) is 0 Å². The van der Waals surface area contributed by atoms with E-state index >= 15 is 0 Å². The van der Waals surface area contributed by atoms with E-state index in [1.54, 1.807) is 0 Å². The first-order chi connectivity index (χ1) is 9.11. The van der Waals surface area contributed by atoms with Gasteiger partial charge in [-0.25, -0.2) is 0 Å². The summed E-state index contributed by atoms with van der Waals surface area (Å²) in [6.45, 7) is 4.74. The summed E-state index contributed by atoms with van der Waals surface area (Å²) in [5.41, 5.74) is 2.51. The van der Waals surface area contributed by atoms with Crippen LogP contribution in [0.1, 0.15) is 25.3 Å². The fourth-order valence-electron chi connectivity index (χ4n) is 2.82. The maximum Gasteiger partial charge on any atom is 0.0541 e. The van der Waals surface area contributed by atoms with Gasteiger partial charge in [-0.05, 0) is 56.5 Å². The number of aliphatic hydroxyl groups is 1. The number of anilines is 1. The van der Waals surface area contributed by atoms with Crippen molar-refractivity contribution in [2.24, 2.45) is 5.92 Å². The molecule has 2 N–H and O–H groups in total. The minimum atomic E-state index is -0.191. The fraction of sp³-hybridized carbons (Fsp3) is 0.600. The summed E-state index contributed by atoms with van der Waals surface area (Å²) in [6.07, 6.45) is 1.92. The second kappa shape index (κ2) is 6.60. The van der Waals surface area contributed by atoms with E-state index in [1.807, 2.05) is 26.1 Å². The zero-order valence-corrected chi connectivity index (χ0v) is 12.5. The number of piperidine rings is 1. The minimum absolute atomic E-state index is 0.191. The second-order valence-corrected chi connectivity index (χ2v) is 5.80. The van der Waals surface area contributed by atoms with E-state index in [1.165, 1.54) is 11.3 Å². The van der Waals surface area contributed by atoms with Crippen molar-refractivity contribution in [1.29, 1.82) is 0 Å². The van der Waals surface area contributed by atoms with Crippen molar-refractivity contribution in [2.75, 3.05) is 25.0 Å². The van der Waals surface area contributed by atoms with E-state index in [0.29, 0.717) is 5.92 Å². The van der Waals surface area contributed by atoms with E-state index < -0.39 is 0 Å². The van der Waals surface area contributed by atoms with Gasteiger partial charge in [-0.15, -0.1) is 0 Å². The molecule has 1 unspecified atom stereocenters. The van der Waals surface area contributed by atoms with Crippen LogP contribution < -0.4 is 10.2 Å². The van der Waals surface area contributed by atoms with Crippen LogP contribution in [0.5, 0.6) is 0 Å². The molecule has 1 aliphatic heterocycles. The van der Waals surface area contributed by atoms with Crippen molar-refractivity contribution in [2.45, 2.75) is 32.4 Å². The molecule has 19 heavy (non-hydrogen) atoms. The standard InChI is InChI=1S/C15H23ClN2O/c1-11(19)12-5-7-18(8-6-12)15-4-3-14(16)9-13(15)10-17-2/h3-4,9,11-12,17,19H,5-8,10H2,1-2H3. The highest BCUT2D eigenvalue weighted by atomic mass is 35.5. The van der Waals surface area contributed by atoms with Crippen molar-refractivity contribution in [3.63, 3.8) is 0 Å². The Bertz CT molecular complexity index is 415. The number of halogens is 1. The van der Waals surface area contributed by atoms with E-state index in [2.05, 4.69) is 16.3 Å². The van der Waals surface area contributed by atoms with Gasteiger partial charge in [0.15, 0.2) is 0 Å². The van der Waals surface area contributed by atoms with Crippen LogP contribution in [-0.4, -0.2) is 31.3 Å². The first-order valence-corrected chi connectivity index (χ1v) is 7.35. The maximum atomic E-state index is 9.66. The molecule has 1 heterocycles. The molecule has 0 amide bonds. The van der Waals surface area contributed by atoms with Gasteiger partial charge in [-0.2, -0.15) is 0 Å². The molecule has 0 aromatic heterocycles. The molecule has 1 saturated heterocycles. The third kappa shape index (κ3) is 3.62. The van der Waals surface area contributed by atoms with Crippen molar-refractivity contribution in [1.82, 2.24) is 5.32 Å². The Morgan fingerprint density at radius 1 is 1.42 bits per heavy atom. The summed E-state index contributed by atoms with van der Waals surface area (Å²) in [4.78, 5) is 2.40. The predicted octanol–water partition coefficient (Wildman–Crippen LogP) is 2.66. The Morgan fingerprint density at radius 3 is 2.68 bits per heavy atom. The largest absolute Gasteiger partial charge is 0.393 e. The fourth-order valence-corrected chi connectivity index (χ4v) is 3.01. The molecule has 0 saturated carbocycles. The van der Waals surface area contributed by atoms with Crippen LogP contribution in [-0.2, 0) is 6.54 Å². The van der Waals surface area contributed by atoms with Gasteiger partial charge in [0, 0.05) is 30.3 Å². The van der Waals surface area contributed by atoms with E-state index in [0.717, 1.165) is 37.5 Å². The number of nitrogens with zero attached hydrogens (tertiary/aromatic N) is 1. The molecule has 0 aliphatic carbocycles. The number of benzene rings is 1. The molecule has 0 bridgehead atoms. The van der Waals surface area contributed by atoms with E-state index in [4.69, 9.17) is 11.6 Å². The average Bonchev–Trinajstić information content (AvgIpc) is 2.39. The lowest BCUT2D eigenvalue weighted by Crippen LogP contribution is -2.37. The monoisotopic (exact) mass is 282 g/mol. The topological polar surface area (TPSA) is 35.5 Å². The Labute approximate surface area is 120 Å². The van der Waals surface area contributed by atoms with Crippen LogP contribution in [0.4, 0.5) is 5.69 Å². The normalized spacial score (nSPS) is 18.6. The first kappa shape index (κ1) is 14.6. The molecule has 1 aliphatic rings. The molecular weight excluding hydrogens is 260 g/mol.